The zero-order valence-electron chi connectivity index (χ0n) is 15.5. The number of ether oxygens (including phenoxy) is 1. The second-order valence-electron chi connectivity index (χ2n) is 6.20. The summed E-state index contributed by atoms with van der Waals surface area (Å²) in [5, 5.41) is 2.74. The number of rotatable bonds is 10. The number of nitrogens with one attached hydrogen (secondary N) is 1. The van der Waals surface area contributed by atoms with Crippen LogP contribution in [0.15, 0.2) is 60.7 Å². The van der Waals surface area contributed by atoms with Crippen LogP contribution < -0.4 is 5.32 Å². The molecule has 0 saturated carbocycles. The molecule has 0 spiro atoms. The van der Waals surface area contributed by atoms with Crippen LogP contribution in [-0.4, -0.2) is 30.3 Å². The van der Waals surface area contributed by atoms with E-state index in [1.54, 1.807) is 19.1 Å². The van der Waals surface area contributed by atoms with Crippen LogP contribution in [0.4, 0.5) is 0 Å². The number of carbonyl (C=O) groups is 3. The Kier molecular flexibility index (Phi) is 8.23. The van der Waals surface area contributed by atoms with Gasteiger partial charge in [-0.3, -0.25) is 9.59 Å². The Bertz CT molecular complexity index is 743. The Morgan fingerprint density at radius 3 is 2.19 bits per heavy atom. The molecule has 5 heteroatoms. The molecule has 0 aliphatic carbocycles. The predicted molar refractivity (Wildman–Crippen MR) is 103 cm³/mol. The summed E-state index contributed by atoms with van der Waals surface area (Å²) in [5.74, 6) is -0.700. The molecule has 2 aromatic rings. The maximum absolute atomic E-state index is 12.2. The maximum atomic E-state index is 12.2. The number of hydrogen-bond donors (Lipinski definition) is 1. The molecular formula is C22H25NO4. The minimum atomic E-state index is -0.732. The van der Waals surface area contributed by atoms with E-state index in [2.05, 4.69) is 5.32 Å². The number of Topliss-reactive ketones (excluding diaryl/α,β-unsaturated/α-hetero) is 1. The van der Waals surface area contributed by atoms with E-state index in [-0.39, 0.29) is 24.7 Å². The van der Waals surface area contributed by atoms with Gasteiger partial charge in [0, 0.05) is 24.8 Å². The fourth-order valence-corrected chi connectivity index (χ4v) is 2.73. The van der Waals surface area contributed by atoms with Crippen molar-refractivity contribution in [2.45, 2.75) is 38.6 Å². The second kappa shape index (κ2) is 10.9. The maximum Gasteiger partial charge on any atom is 0.328 e. The topological polar surface area (TPSA) is 72.5 Å². The summed E-state index contributed by atoms with van der Waals surface area (Å²) in [5.41, 5.74) is 1.58. The highest BCUT2D eigenvalue weighted by molar-refractivity contribution is 5.96. The fourth-order valence-electron chi connectivity index (χ4n) is 2.73. The molecule has 0 fully saturated rings. The van der Waals surface area contributed by atoms with Crippen molar-refractivity contribution in [1.82, 2.24) is 5.32 Å². The third-order valence-corrected chi connectivity index (χ3v) is 4.09. The number of esters is 1. The van der Waals surface area contributed by atoms with Crippen LogP contribution in [0.1, 0.15) is 42.1 Å². The number of amides is 1. The van der Waals surface area contributed by atoms with Crippen LogP contribution in [0.3, 0.4) is 0 Å². The number of carbonyl (C=O) groups excluding carboxylic acids is 3. The van der Waals surface area contributed by atoms with Gasteiger partial charge in [-0.15, -0.1) is 0 Å². The Labute approximate surface area is 159 Å². The van der Waals surface area contributed by atoms with Crippen molar-refractivity contribution >= 4 is 17.7 Å². The van der Waals surface area contributed by atoms with E-state index in [1.165, 1.54) is 0 Å². The van der Waals surface area contributed by atoms with E-state index < -0.39 is 12.0 Å². The van der Waals surface area contributed by atoms with E-state index in [0.29, 0.717) is 24.8 Å². The molecule has 2 rings (SSSR count). The molecule has 0 radical (unpaired) electrons. The normalized spacial score (nSPS) is 11.4. The quantitative estimate of drug-likeness (QED) is 0.516. The molecule has 1 amide bonds. The average molecular weight is 367 g/mol. The molecule has 0 aromatic heterocycles. The summed E-state index contributed by atoms with van der Waals surface area (Å²) >= 11 is 0. The van der Waals surface area contributed by atoms with Crippen molar-refractivity contribution in [3.63, 3.8) is 0 Å². The van der Waals surface area contributed by atoms with Crippen molar-refractivity contribution < 1.29 is 19.1 Å². The summed E-state index contributed by atoms with van der Waals surface area (Å²) in [7, 11) is 0. The third-order valence-electron chi connectivity index (χ3n) is 4.09. The zero-order chi connectivity index (χ0) is 19.5. The van der Waals surface area contributed by atoms with E-state index in [0.717, 1.165) is 5.56 Å². The Morgan fingerprint density at radius 1 is 0.926 bits per heavy atom. The predicted octanol–water partition coefficient (Wildman–Crippen LogP) is 3.33. The molecule has 0 heterocycles. The summed E-state index contributed by atoms with van der Waals surface area (Å²) in [6.45, 7) is 1.99. The molecular weight excluding hydrogens is 342 g/mol. The van der Waals surface area contributed by atoms with Crippen molar-refractivity contribution in [2.75, 3.05) is 6.61 Å². The monoisotopic (exact) mass is 367 g/mol. The van der Waals surface area contributed by atoms with Gasteiger partial charge in [-0.2, -0.15) is 0 Å². The van der Waals surface area contributed by atoms with Crippen LogP contribution in [0.2, 0.25) is 0 Å². The minimum Gasteiger partial charge on any atom is -0.464 e. The summed E-state index contributed by atoms with van der Waals surface area (Å²) in [4.78, 5) is 36.5. The first kappa shape index (κ1) is 20.4. The highest BCUT2D eigenvalue weighted by atomic mass is 16.5. The van der Waals surface area contributed by atoms with Gasteiger partial charge >= 0.3 is 5.97 Å². The van der Waals surface area contributed by atoms with Crippen molar-refractivity contribution in [1.29, 1.82) is 0 Å². The number of benzene rings is 2. The van der Waals surface area contributed by atoms with Gasteiger partial charge < -0.3 is 10.1 Å². The molecule has 0 unspecified atom stereocenters. The van der Waals surface area contributed by atoms with Crippen molar-refractivity contribution in [3.05, 3.63) is 71.8 Å². The van der Waals surface area contributed by atoms with E-state index in [1.807, 2.05) is 48.5 Å². The SMILES string of the molecule is CCOC(=O)[C@@H](Cc1ccccc1)NC(=O)CCCC(=O)c1ccccc1. The Morgan fingerprint density at radius 2 is 1.56 bits per heavy atom. The van der Waals surface area contributed by atoms with Gasteiger partial charge in [0.15, 0.2) is 5.78 Å². The summed E-state index contributed by atoms with van der Waals surface area (Å²) in [6.07, 6.45) is 1.28. The third kappa shape index (κ3) is 7.05. The Balaban J connectivity index is 1.85. The first-order valence-corrected chi connectivity index (χ1v) is 9.18. The smallest absolute Gasteiger partial charge is 0.328 e. The Hall–Kier alpha value is -2.95. The molecule has 1 atom stereocenters. The van der Waals surface area contributed by atoms with Crippen molar-refractivity contribution in [3.8, 4) is 0 Å². The van der Waals surface area contributed by atoms with Gasteiger partial charge in [0.05, 0.1) is 6.61 Å². The molecule has 2 aromatic carbocycles. The van der Waals surface area contributed by atoms with E-state index in [4.69, 9.17) is 4.74 Å². The second-order valence-corrected chi connectivity index (χ2v) is 6.20. The van der Waals surface area contributed by atoms with Crippen LogP contribution in [0.25, 0.3) is 0 Å². The lowest BCUT2D eigenvalue weighted by atomic mass is 10.0. The zero-order valence-corrected chi connectivity index (χ0v) is 15.5. The van der Waals surface area contributed by atoms with E-state index in [9.17, 15) is 14.4 Å². The van der Waals surface area contributed by atoms with Crippen LogP contribution in [-0.2, 0) is 20.7 Å². The average Bonchev–Trinajstić information content (AvgIpc) is 2.69. The van der Waals surface area contributed by atoms with Crippen molar-refractivity contribution in [2.24, 2.45) is 0 Å². The largest absolute Gasteiger partial charge is 0.464 e. The van der Waals surface area contributed by atoms with Gasteiger partial charge in [-0.25, -0.2) is 4.79 Å². The van der Waals surface area contributed by atoms with Gasteiger partial charge in [-0.05, 0) is 18.9 Å². The summed E-state index contributed by atoms with van der Waals surface area (Å²) in [6, 6.07) is 17.7. The standard InChI is InChI=1S/C22H25NO4/c1-2-27-22(26)19(16-17-10-5-3-6-11-17)23-21(25)15-9-14-20(24)18-12-7-4-8-13-18/h3-8,10-13,19H,2,9,14-16H2,1H3,(H,23,25)/t19-/m1/s1. The first-order chi connectivity index (χ1) is 13.1. The number of hydrogen-bond acceptors (Lipinski definition) is 4. The first-order valence-electron chi connectivity index (χ1n) is 9.18. The molecule has 0 saturated heterocycles. The molecule has 0 aliphatic rings. The van der Waals surface area contributed by atoms with Gasteiger partial charge in [0.1, 0.15) is 6.04 Å². The van der Waals surface area contributed by atoms with Gasteiger partial charge in [0.2, 0.25) is 5.91 Å². The van der Waals surface area contributed by atoms with Crippen LogP contribution in [0.5, 0.6) is 0 Å². The fraction of sp³-hybridized carbons (Fsp3) is 0.318. The highest BCUT2D eigenvalue weighted by Gasteiger charge is 2.22. The molecule has 142 valence electrons. The van der Waals surface area contributed by atoms with Crippen LogP contribution >= 0.6 is 0 Å². The molecule has 5 nitrogen and oxygen atoms in total. The molecule has 0 aliphatic heterocycles. The van der Waals surface area contributed by atoms with Crippen LogP contribution in [0, 0.1) is 0 Å². The lowest BCUT2D eigenvalue weighted by molar-refractivity contribution is -0.147. The molecule has 1 N–H and O–H groups in total. The summed E-state index contributed by atoms with van der Waals surface area (Å²) < 4.78 is 5.07. The highest BCUT2D eigenvalue weighted by Crippen LogP contribution is 2.08. The minimum absolute atomic E-state index is 0.00892. The van der Waals surface area contributed by atoms with Gasteiger partial charge in [0.25, 0.3) is 0 Å². The lowest BCUT2D eigenvalue weighted by Gasteiger charge is -2.17. The van der Waals surface area contributed by atoms with Gasteiger partial charge in [-0.1, -0.05) is 60.7 Å². The van der Waals surface area contributed by atoms with E-state index >= 15 is 0 Å². The lowest BCUT2D eigenvalue weighted by Crippen LogP contribution is -2.43. The molecule has 0 bridgehead atoms. The number of ketones is 1. The molecule has 27 heavy (non-hydrogen) atoms.